The van der Waals surface area contributed by atoms with Gasteiger partial charge in [-0.3, -0.25) is 10.4 Å². The fourth-order valence-electron chi connectivity index (χ4n) is 0.840. The summed E-state index contributed by atoms with van der Waals surface area (Å²) in [6, 6.07) is 0. The monoisotopic (exact) mass is 202 g/mol. The molecular weight excluding hydrogens is 180 g/mol. The van der Waals surface area contributed by atoms with Crippen LogP contribution in [0.3, 0.4) is 0 Å². The van der Waals surface area contributed by atoms with E-state index in [9.17, 15) is 0 Å². The van der Waals surface area contributed by atoms with Crippen molar-refractivity contribution in [2.45, 2.75) is 33.3 Å². The Balaban J connectivity index is 3.52. The van der Waals surface area contributed by atoms with Gasteiger partial charge in [0.25, 0.3) is 0 Å². The molecular formula is C9H22N4O. The molecule has 0 rings (SSSR count). The van der Waals surface area contributed by atoms with E-state index in [0.29, 0.717) is 19.1 Å². The Labute approximate surface area is 86.1 Å². The molecule has 0 atom stereocenters. The molecule has 5 nitrogen and oxygen atoms in total. The van der Waals surface area contributed by atoms with Crippen LogP contribution in [-0.2, 0) is 4.74 Å². The van der Waals surface area contributed by atoms with Gasteiger partial charge in [0.05, 0.1) is 12.7 Å². The quantitative estimate of drug-likeness (QED) is 0.189. The van der Waals surface area contributed by atoms with Crippen molar-refractivity contribution in [2.75, 3.05) is 19.7 Å². The zero-order chi connectivity index (χ0) is 10.8. The van der Waals surface area contributed by atoms with Crippen LogP contribution in [-0.4, -0.2) is 31.8 Å². The number of hydrazine groups is 1. The molecule has 0 heterocycles. The number of nitrogens with zero attached hydrogens (tertiary/aromatic N) is 1. The minimum absolute atomic E-state index is 0.263. The lowest BCUT2D eigenvalue weighted by Gasteiger charge is -2.10. The smallest absolute Gasteiger partial charge is 0.205 e. The van der Waals surface area contributed by atoms with Gasteiger partial charge < -0.3 is 10.1 Å². The van der Waals surface area contributed by atoms with Crippen molar-refractivity contribution >= 4 is 5.96 Å². The van der Waals surface area contributed by atoms with Crippen molar-refractivity contribution in [1.82, 2.24) is 10.7 Å². The molecule has 0 fully saturated rings. The van der Waals surface area contributed by atoms with E-state index >= 15 is 0 Å². The first-order valence-electron chi connectivity index (χ1n) is 5.07. The van der Waals surface area contributed by atoms with Crippen molar-refractivity contribution in [3.8, 4) is 0 Å². The molecule has 0 spiro atoms. The molecule has 84 valence electrons. The van der Waals surface area contributed by atoms with Crippen LogP contribution in [0, 0.1) is 0 Å². The molecule has 0 unspecified atom stereocenters. The molecule has 0 aromatic carbocycles. The first kappa shape index (κ1) is 13.2. The van der Waals surface area contributed by atoms with E-state index in [1.54, 1.807) is 0 Å². The van der Waals surface area contributed by atoms with E-state index in [1.165, 1.54) is 0 Å². The molecule has 0 aliphatic rings. The van der Waals surface area contributed by atoms with Gasteiger partial charge in [-0.05, 0) is 20.3 Å². The van der Waals surface area contributed by atoms with E-state index in [2.05, 4.69) is 22.7 Å². The maximum Gasteiger partial charge on any atom is 0.205 e. The maximum absolute atomic E-state index is 5.36. The molecule has 0 saturated carbocycles. The van der Waals surface area contributed by atoms with Crippen LogP contribution >= 0.6 is 0 Å². The van der Waals surface area contributed by atoms with Gasteiger partial charge in [0.1, 0.15) is 0 Å². The Morgan fingerprint density at radius 2 is 2.21 bits per heavy atom. The van der Waals surface area contributed by atoms with Crippen molar-refractivity contribution < 1.29 is 4.74 Å². The number of nitrogens with two attached hydrogens (primary N) is 1. The third-order valence-corrected chi connectivity index (χ3v) is 1.48. The van der Waals surface area contributed by atoms with Gasteiger partial charge in [-0.1, -0.05) is 6.92 Å². The largest absolute Gasteiger partial charge is 0.377 e. The Kier molecular flexibility index (Phi) is 8.27. The third-order valence-electron chi connectivity index (χ3n) is 1.48. The van der Waals surface area contributed by atoms with Crippen LogP contribution in [0.1, 0.15) is 27.2 Å². The summed E-state index contributed by atoms with van der Waals surface area (Å²) in [4.78, 5) is 4.19. The molecule has 0 radical (unpaired) electrons. The van der Waals surface area contributed by atoms with Crippen LogP contribution < -0.4 is 16.6 Å². The number of guanidine groups is 1. The molecule has 0 bridgehead atoms. The molecule has 0 aromatic rings. The number of nitrogens with one attached hydrogen (secondary N) is 2. The average molecular weight is 202 g/mol. The standard InChI is InChI=1S/C9H22N4O/c1-4-5-11-9(13-10)12-6-7-14-8(2)3/h8H,4-7,10H2,1-3H3,(H2,11,12,13). The van der Waals surface area contributed by atoms with E-state index < -0.39 is 0 Å². The minimum atomic E-state index is 0.263. The van der Waals surface area contributed by atoms with E-state index in [1.807, 2.05) is 13.8 Å². The summed E-state index contributed by atoms with van der Waals surface area (Å²) >= 11 is 0. The van der Waals surface area contributed by atoms with Gasteiger partial charge >= 0.3 is 0 Å². The summed E-state index contributed by atoms with van der Waals surface area (Å²) in [5.41, 5.74) is 2.51. The number of aliphatic imine (C=N–C) groups is 1. The highest BCUT2D eigenvalue weighted by atomic mass is 16.5. The van der Waals surface area contributed by atoms with Crippen molar-refractivity contribution in [1.29, 1.82) is 0 Å². The second kappa shape index (κ2) is 8.77. The number of hydrogen-bond acceptors (Lipinski definition) is 3. The summed E-state index contributed by atoms with van der Waals surface area (Å²) in [6.45, 7) is 8.23. The highest BCUT2D eigenvalue weighted by molar-refractivity contribution is 5.79. The van der Waals surface area contributed by atoms with E-state index in [4.69, 9.17) is 10.6 Å². The Bertz CT molecular complexity index is 159. The zero-order valence-corrected chi connectivity index (χ0v) is 9.34. The molecule has 0 amide bonds. The number of ether oxygens (including phenoxy) is 1. The summed E-state index contributed by atoms with van der Waals surface area (Å²) in [6.07, 6.45) is 1.27. The van der Waals surface area contributed by atoms with E-state index in [0.717, 1.165) is 13.0 Å². The summed E-state index contributed by atoms with van der Waals surface area (Å²) in [5.74, 6) is 5.90. The average Bonchev–Trinajstić information content (AvgIpc) is 2.16. The van der Waals surface area contributed by atoms with E-state index in [-0.39, 0.29) is 6.10 Å². The molecule has 0 aromatic heterocycles. The first-order valence-corrected chi connectivity index (χ1v) is 5.07. The Morgan fingerprint density at radius 1 is 1.50 bits per heavy atom. The lowest BCUT2D eigenvalue weighted by atomic mass is 10.5. The Hall–Kier alpha value is -0.810. The highest BCUT2D eigenvalue weighted by Crippen LogP contribution is 1.85. The number of hydrogen-bond donors (Lipinski definition) is 3. The van der Waals surface area contributed by atoms with Gasteiger partial charge in [0.2, 0.25) is 5.96 Å². The lowest BCUT2D eigenvalue weighted by molar-refractivity contribution is 0.0829. The molecule has 0 saturated heterocycles. The van der Waals surface area contributed by atoms with Crippen LogP contribution in [0.4, 0.5) is 0 Å². The summed E-state index contributed by atoms with van der Waals surface area (Å²) in [5, 5.41) is 3.05. The zero-order valence-electron chi connectivity index (χ0n) is 9.34. The van der Waals surface area contributed by atoms with Crippen LogP contribution in [0.25, 0.3) is 0 Å². The molecule has 14 heavy (non-hydrogen) atoms. The Morgan fingerprint density at radius 3 is 2.71 bits per heavy atom. The number of rotatable bonds is 6. The highest BCUT2D eigenvalue weighted by Gasteiger charge is 1.95. The predicted molar refractivity (Wildman–Crippen MR) is 59.0 cm³/mol. The topological polar surface area (TPSA) is 71.7 Å². The van der Waals surface area contributed by atoms with Gasteiger partial charge in [0, 0.05) is 13.1 Å². The van der Waals surface area contributed by atoms with Crippen LogP contribution in [0.2, 0.25) is 0 Å². The van der Waals surface area contributed by atoms with Crippen LogP contribution in [0.5, 0.6) is 0 Å². The lowest BCUT2D eigenvalue weighted by Crippen LogP contribution is -2.43. The fraction of sp³-hybridized carbons (Fsp3) is 0.889. The van der Waals surface area contributed by atoms with Crippen LogP contribution in [0.15, 0.2) is 4.99 Å². The van der Waals surface area contributed by atoms with Gasteiger partial charge in [-0.25, -0.2) is 5.84 Å². The molecule has 4 N–H and O–H groups in total. The SMILES string of the molecule is CCCN=C(NN)NCCOC(C)C. The van der Waals surface area contributed by atoms with Crippen molar-refractivity contribution in [3.63, 3.8) is 0 Å². The van der Waals surface area contributed by atoms with Gasteiger partial charge in [-0.15, -0.1) is 0 Å². The van der Waals surface area contributed by atoms with Gasteiger partial charge in [-0.2, -0.15) is 0 Å². The first-order chi connectivity index (χ1) is 6.70. The fourth-order valence-corrected chi connectivity index (χ4v) is 0.840. The second-order valence-electron chi connectivity index (χ2n) is 3.22. The van der Waals surface area contributed by atoms with Crippen molar-refractivity contribution in [2.24, 2.45) is 10.8 Å². The minimum Gasteiger partial charge on any atom is -0.377 e. The van der Waals surface area contributed by atoms with Crippen molar-refractivity contribution in [3.05, 3.63) is 0 Å². The third kappa shape index (κ3) is 7.82. The summed E-state index contributed by atoms with van der Waals surface area (Å²) < 4.78 is 5.36. The molecule has 0 aliphatic heterocycles. The second-order valence-corrected chi connectivity index (χ2v) is 3.22. The van der Waals surface area contributed by atoms with Gasteiger partial charge in [0.15, 0.2) is 0 Å². The predicted octanol–water partition coefficient (Wildman–Crippen LogP) is 0.230. The normalized spacial score (nSPS) is 11.9. The molecule has 5 heteroatoms. The maximum atomic E-state index is 5.36. The molecule has 0 aliphatic carbocycles. The summed E-state index contributed by atoms with van der Waals surface area (Å²) in [7, 11) is 0.